The largest absolute Gasteiger partial charge is 0.493 e. The quantitative estimate of drug-likeness (QED) is 0.779. The van der Waals surface area contributed by atoms with Gasteiger partial charge in [-0.2, -0.15) is 0 Å². The monoisotopic (exact) mass is 311 g/mol. The molecule has 0 saturated carbocycles. The number of ether oxygens (including phenoxy) is 2. The first-order chi connectivity index (χ1) is 11.2. The van der Waals surface area contributed by atoms with Gasteiger partial charge in [0.25, 0.3) is 0 Å². The van der Waals surface area contributed by atoms with Crippen LogP contribution in [0.2, 0.25) is 0 Å². The first kappa shape index (κ1) is 14.9. The van der Waals surface area contributed by atoms with Crippen molar-refractivity contribution in [1.82, 2.24) is 10.2 Å². The number of nitrogens with two attached hydrogens (primary N) is 1. The Bertz CT molecular complexity index is 797. The van der Waals surface area contributed by atoms with Gasteiger partial charge in [0.1, 0.15) is 6.61 Å². The molecule has 0 spiro atoms. The predicted octanol–water partition coefficient (Wildman–Crippen LogP) is 3.21. The predicted molar refractivity (Wildman–Crippen MR) is 86.2 cm³/mol. The van der Waals surface area contributed by atoms with Gasteiger partial charge < -0.3 is 19.6 Å². The Kier molecular flexibility index (Phi) is 4.14. The molecule has 0 amide bonds. The van der Waals surface area contributed by atoms with Crippen LogP contribution in [-0.4, -0.2) is 17.3 Å². The highest BCUT2D eigenvalue weighted by Crippen LogP contribution is 2.32. The molecule has 6 nitrogen and oxygen atoms in total. The van der Waals surface area contributed by atoms with Crippen LogP contribution in [-0.2, 0) is 6.61 Å². The molecule has 0 atom stereocenters. The zero-order valence-corrected chi connectivity index (χ0v) is 12.9. The Morgan fingerprint density at radius 1 is 1.04 bits per heavy atom. The second-order valence-corrected chi connectivity index (χ2v) is 5.09. The molecule has 6 heteroatoms. The fraction of sp³-hybridized carbons (Fsp3) is 0.176. The van der Waals surface area contributed by atoms with Gasteiger partial charge in [-0.05, 0) is 30.7 Å². The second-order valence-electron chi connectivity index (χ2n) is 5.09. The van der Waals surface area contributed by atoms with Crippen LogP contribution in [0, 0.1) is 6.92 Å². The van der Waals surface area contributed by atoms with E-state index in [1.807, 2.05) is 24.3 Å². The fourth-order valence-electron chi connectivity index (χ4n) is 2.12. The summed E-state index contributed by atoms with van der Waals surface area (Å²) in [6, 6.07) is 13.6. The molecule has 0 bridgehead atoms. The molecule has 0 unspecified atom stereocenters. The molecule has 2 N–H and O–H groups in total. The molecule has 0 aliphatic carbocycles. The van der Waals surface area contributed by atoms with Gasteiger partial charge in [0.15, 0.2) is 11.5 Å². The molecule has 1 heterocycles. The molecule has 3 rings (SSSR count). The summed E-state index contributed by atoms with van der Waals surface area (Å²) in [4.78, 5) is 0. The van der Waals surface area contributed by atoms with Gasteiger partial charge in [0, 0.05) is 5.56 Å². The number of hydrogen-bond donors (Lipinski definition) is 1. The summed E-state index contributed by atoms with van der Waals surface area (Å²) in [5, 5.41) is 7.50. The van der Waals surface area contributed by atoms with Gasteiger partial charge in [0.2, 0.25) is 5.89 Å². The van der Waals surface area contributed by atoms with E-state index in [1.54, 1.807) is 13.2 Å². The minimum Gasteiger partial charge on any atom is -0.493 e. The molecule has 2 aromatic carbocycles. The topological polar surface area (TPSA) is 83.4 Å². The fourth-order valence-corrected chi connectivity index (χ4v) is 2.12. The van der Waals surface area contributed by atoms with Crippen molar-refractivity contribution in [3.63, 3.8) is 0 Å². The molecule has 23 heavy (non-hydrogen) atoms. The maximum Gasteiger partial charge on any atom is 0.313 e. The Balaban J connectivity index is 1.78. The molecule has 0 radical (unpaired) electrons. The smallest absolute Gasteiger partial charge is 0.313 e. The summed E-state index contributed by atoms with van der Waals surface area (Å²) < 4.78 is 16.4. The Hall–Kier alpha value is -3.02. The highest BCUT2D eigenvalue weighted by molar-refractivity contribution is 5.60. The van der Waals surface area contributed by atoms with Crippen LogP contribution >= 0.6 is 0 Å². The Morgan fingerprint density at radius 2 is 1.83 bits per heavy atom. The lowest BCUT2D eigenvalue weighted by molar-refractivity contribution is 0.284. The molecule has 0 aliphatic rings. The van der Waals surface area contributed by atoms with Crippen molar-refractivity contribution in [3.8, 4) is 23.0 Å². The van der Waals surface area contributed by atoms with Crippen LogP contribution in [0.3, 0.4) is 0 Å². The van der Waals surface area contributed by atoms with Gasteiger partial charge >= 0.3 is 6.01 Å². The van der Waals surface area contributed by atoms with Crippen molar-refractivity contribution in [2.24, 2.45) is 0 Å². The highest BCUT2D eigenvalue weighted by atomic mass is 16.5. The first-order valence-corrected chi connectivity index (χ1v) is 7.11. The Labute approximate surface area is 133 Å². The highest BCUT2D eigenvalue weighted by Gasteiger charge is 2.11. The van der Waals surface area contributed by atoms with E-state index in [4.69, 9.17) is 19.6 Å². The number of nitrogens with zero attached hydrogens (tertiary/aromatic N) is 2. The lowest BCUT2D eigenvalue weighted by atomic mass is 10.1. The van der Waals surface area contributed by atoms with Gasteiger partial charge in [-0.1, -0.05) is 34.9 Å². The van der Waals surface area contributed by atoms with Gasteiger partial charge in [-0.3, -0.25) is 0 Å². The number of aromatic nitrogens is 2. The molecule has 1 aromatic heterocycles. The summed E-state index contributed by atoms with van der Waals surface area (Å²) in [7, 11) is 1.58. The van der Waals surface area contributed by atoms with E-state index >= 15 is 0 Å². The number of anilines is 1. The van der Waals surface area contributed by atoms with E-state index < -0.39 is 0 Å². The lowest BCUT2D eigenvalue weighted by Gasteiger charge is -2.11. The minimum atomic E-state index is 0.0265. The zero-order valence-electron chi connectivity index (χ0n) is 12.9. The average molecular weight is 311 g/mol. The number of hydrogen-bond acceptors (Lipinski definition) is 6. The number of aryl methyl sites for hydroxylation is 1. The number of benzene rings is 2. The summed E-state index contributed by atoms with van der Waals surface area (Å²) in [5.41, 5.74) is 8.47. The molecule has 0 saturated heterocycles. The average Bonchev–Trinajstić information content (AvgIpc) is 3.00. The zero-order chi connectivity index (χ0) is 16.2. The minimum absolute atomic E-state index is 0.0265. The molecule has 0 aliphatic heterocycles. The molecule has 3 aromatic rings. The van der Waals surface area contributed by atoms with E-state index in [-0.39, 0.29) is 6.01 Å². The van der Waals surface area contributed by atoms with Crippen LogP contribution in [0.15, 0.2) is 46.9 Å². The summed E-state index contributed by atoms with van der Waals surface area (Å²) in [6.45, 7) is 2.51. The van der Waals surface area contributed by atoms with Gasteiger partial charge in [-0.15, -0.1) is 5.10 Å². The normalized spacial score (nSPS) is 10.5. The third-order valence-corrected chi connectivity index (χ3v) is 3.37. The standard InChI is InChI=1S/C17H17N3O3/c1-11-3-5-12(6-4-11)10-22-14-8-7-13(9-15(14)21-2)16-19-20-17(18)23-16/h3-9H,10H2,1-2H3,(H2,18,20). The number of methoxy groups -OCH3 is 1. The second kappa shape index (κ2) is 6.39. The van der Waals surface area contributed by atoms with Crippen molar-refractivity contribution in [3.05, 3.63) is 53.6 Å². The van der Waals surface area contributed by atoms with Crippen molar-refractivity contribution in [1.29, 1.82) is 0 Å². The summed E-state index contributed by atoms with van der Waals surface area (Å²) in [6.07, 6.45) is 0. The summed E-state index contributed by atoms with van der Waals surface area (Å²) in [5.74, 6) is 1.57. The van der Waals surface area contributed by atoms with E-state index in [0.29, 0.717) is 29.6 Å². The van der Waals surface area contributed by atoms with Crippen LogP contribution in [0.5, 0.6) is 11.5 Å². The Morgan fingerprint density at radius 3 is 2.48 bits per heavy atom. The van der Waals surface area contributed by atoms with Crippen molar-refractivity contribution >= 4 is 6.01 Å². The third kappa shape index (κ3) is 3.42. The van der Waals surface area contributed by atoms with Crippen LogP contribution < -0.4 is 15.2 Å². The molecular formula is C17H17N3O3. The maximum absolute atomic E-state index is 5.83. The maximum atomic E-state index is 5.83. The lowest BCUT2D eigenvalue weighted by Crippen LogP contribution is -1.98. The number of nitrogen functional groups attached to an aromatic ring is 1. The van der Waals surface area contributed by atoms with Crippen LogP contribution in [0.4, 0.5) is 6.01 Å². The molecule has 118 valence electrons. The van der Waals surface area contributed by atoms with Crippen molar-refractivity contribution in [2.75, 3.05) is 12.8 Å². The SMILES string of the molecule is COc1cc(-c2nnc(N)o2)ccc1OCc1ccc(C)cc1. The third-order valence-electron chi connectivity index (χ3n) is 3.37. The molecule has 0 fully saturated rings. The van der Waals surface area contributed by atoms with Gasteiger partial charge in [-0.25, -0.2) is 0 Å². The van der Waals surface area contributed by atoms with Crippen molar-refractivity contribution < 1.29 is 13.9 Å². The first-order valence-electron chi connectivity index (χ1n) is 7.11. The van der Waals surface area contributed by atoms with Gasteiger partial charge in [0.05, 0.1) is 7.11 Å². The van der Waals surface area contributed by atoms with E-state index in [2.05, 4.69) is 29.3 Å². The van der Waals surface area contributed by atoms with E-state index in [0.717, 1.165) is 5.56 Å². The molecular weight excluding hydrogens is 294 g/mol. The van der Waals surface area contributed by atoms with Crippen LogP contribution in [0.1, 0.15) is 11.1 Å². The van der Waals surface area contributed by atoms with Crippen LogP contribution in [0.25, 0.3) is 11.5 Å². The summed E-state index contributed by atoms with van der Waals surface area (Å²) >= 11 is 0. The van der Waals surface area contributed by atoms with E-state index in [1.165, 1.54) is 5.56 Å². The van der Waals surface area contributed by atoms with Crippen molar-refractivity contribution in [2.45, 2.75) is 13.5 Å². The van der Waals surface area contributed by atoms with E-state index in [9.17, 15) is 0 Å². The number of rotatable bonds is 5.